The second-order valence-corrected chi connectivity index (χ2v) is 6.91. The molecule has 2 aromatic rings. The van der Waals surface area contributed by atoms with Crippen LogP contribution in [0.1, 0.15) is 17.5 Å². The van der Waals surface area contributed by atoms with E-state index in [1.165, 1.54) is 11.1 Å². The summed E-state index contributed by atoms with van der Waals surface area (Å²) in [6.07, 6.45) is 1.45. The Kier molecular flexibility index (Phi) is 4.91. The number of carbonyl (C=O) groups is 1. The lowest BCUT2D eigenvalue weighted by atomic mass is 10.0. The molecule has 1 amide bonds. The summed E-state index contributed by atoms with van der Waals surface area (Å²) in [6, 6.07) is 16.5. The summed E-state index contributed by atoms with van der Waals surface area (Å²) in [7, 11) is 1.69. The molecule has 2 aromatic carbocycles. The van der Waals surface area contributed by atoms with Crippen molar-refractivity contribution in [1.29, 1.82) is 0 Å². The fraction of sp³-hybridized carbons (Fsp3) is 0.381. The molecule has 0 atom stereocenters. The molecule has 0 N–H and O–H groups in total. The van der Waals surface area contributed by atoms with Crippen LogP contribution in [0.5, 0.6) is 5.75 Å². The highest BCUT2D eigenvalue weighted by atomic mass is 16.5. The molecule has 2 aliphatic heterocycles. The Morgan fingerprint density at radius 1 is 0.923 bits per heavy atom. The van der Waals surface area contributed by atoms with Gasteiger partial charge in [-0.05, 0) is 35.7 Å². The Hall–Kier alpha value is -2.37. The topological polar surface area (TPSA) is 36.0 Å². The van der Waals surface area contributed by atoms with Gasteiger partial charge in [-0.25, -0.2) is 10.0 Å². The van der Waals surface area contributed by atoms with E-state index in [1.54, 1.807) is 7.11 Å². The van der Waals surface area contributed by atoms with Gasteiger partial charge < -0.3 is 4.74 Å². The van der Waals surface area contributed by atoms with Crippen molar-refractivity contribution < 1.29 is 9.53 Å². The van der Waals surface area contributed by atoms with Gasteiger partial charge in [-0.15, -0.1) is 0 Å². The van der Waals surface area contributed by atoms with E-state index in [0.29, 0.717) is 6.42 Å². The lowest BCUT2D eigenvalue weighted by molar-refractivity contribution is -0.122. The minimum absolute atomic E-state index is 0.215. The van der Waals surface area contributed by atoms with Crippen LogP contribution in [0, 0.1) is 0 Å². The molecule has 5 nitrogen and oxygen atoms in total. The number of benzene rings is 2. The first-order chi connectivity index (χ1) is 12.7. The molecule has 4 rings (SSSR count). The van der Waals surface area contributed by atoms with E-state index in [4.69, 9.17) is 4.74 Å². The van der Waals surface area contributed by atoms with Gasteiger partial charge in [-0.1, -0.05) is 30.3 Å². The van der Waals surface area contributed by atoms with E-state index in [-0.39, 0.29) is 5.91 Å². The predicted octanol–water partition coefficient (Wildman–Crippen LogP) is 2.71. The summed E-state index contributed by atoms with van der Waals surface area (Å²) in [5, 5.41) is 4.13. The molecule has 0 unspecified atom stereocenters. The highest BCUT2D eigenvalue weighted by molar-refractivity contribution is 5.95. The minimum atomic E-state index is 0.215. The number of fused-ring (bicyclic) bond motifs is 1. The van der Waals surface area contributed by atoms with Crippen molar-refractivity contribution in [3.8, 4) is 5.75 Å². The van der Waals surface area contributed by atoms with E-state index >= 15 is 0 Å². The Morgan fingerprint density at radius 2 is 1.65 bits per heavy atom. The molecule has 1 saturated heterocycles. The maximum atomic E-state index is 12.5. The van der Waals surface area contributed by atoms with Crippen LogP contribution in [0.4, 0.5) is 5.69 Å². The van der Waals surface area contributed by atoms with Crippen molar-refractivity contribution >= 4 is 11.6 Å². The third-order valence-corrected chi connectivity index (χ3v) is 5.26. The monoisotopic (exact) mass is 351 g/mol. The standard InChI is InChI=1S/C21H25N3O2/c1-26-19-9-6-17(7-10-19)16-22-12-14-23(15-13-22)24-20-5-3-2-4-18(20)8-11-21(24)25/h2-7,9-10H,8,11-16H2,1H3. The van der Waals surface area contributed by atoms with Crippen LogP contribution in [0.3, 0.4) is 0 Å². The number of para-hydroxylation sites is 1. The minimum Gasteiger partial charge on any atom is -0.497 e. The molecule has 0 aliphatic carbocycles. The summed E-state index contributed by atoms with van der Waals surface area (Å²) >= 11 is 0. The zero-order valence-corrected chi connectivity index (χ0v) is 15.2. The van der Waals surface area contributed by atoms with Crippen LogP contribution in [-0.4, -0.2) is 49.1 Å². The molecule has 0 spiro atoms. The van der Waals surface area contributed by atoms with Gasteiger partial charge in [-0.2, -0.15) is 0 Å². The van der Waals surface area contributed by atoms with Crippen LogP contribution in [-0.2, 0) is 17.8 Å². The maximum absolute atomic E-state index is 12.5. The lowest BCUT2D eigenvalue weighted by Crippen LogP contribution is -2.56. The third-order valence-electron chi connectivity index (χ3n) is 5.26. The molecule has 5 heteroatoms. The number of nitrogens with zero attached hydrogens (tertiary/aromatic N) is 3. The number of hydrogen-bond acceptors (Lipinski definition) is 4. The first-order valence-electron chi connectivity index (χ1n) is 9.25. The average molecular weight is 351 g/mol. The molecule has 136 valence electrons. The summed E-state index contributed by atoms with van der Waals surface area (Å²) in [5.74, 6) is 1.10. The molecule has 0 radical (unpaired) electrons. The van der Waals surface area contributed by atoms with Crippen LogP contribution < -0.4 is 9.75 Å². The number of ether oxygens (including phenoxy) is 1. The van der Waals surface area contributed by atoms with Crippen molar-refractivity contribution in [2.45, 2.75) is 19.4 Å². The maximum Gasteiger partial charge on any atom is 0.241 e. The van der Waals surface area contributed by atoms with E-state index in [0.717, 1.165) is 50.6 Å². The number of piperazine rings is 1. The molecule has 2 aliphatic rings. The zero-order chi connectivity index (χ0) is 17.9. The molecule has 26 heavy (non-hydrogen) atoms. The van der Waals surface area contributed by atoms with Crippen LogP contribution in [0.15, 0.2) is 48.5 Å². The molecule has 0 bridgehead atoms. The Bertz CT molecular complexity index is 767. The fourth-order valence-corrected chi connectivity index (χ4v) is 3.81. The quantitative estimate of drug-likeness (QED) is 0.849. The third kappa shape index (κ3) is 3.45. The van der Waals surface area contributed by atoms with Crippen LogP contribution in [0.2, 0.25) is 0 Å². The van der Waals surface area contributed by atoms with E-state index in [2.05, 4.69) is 40.2 Å². The SMILES string of the molecule is COc1ccc(CN2CCN(N3C(=O)CCc4ccccc43)CC2)cc1. The summed E-state index contributed by atoms with van der Waals surface area (Å²) < 4.78 is 5.22. The number of hydrazine groups is 1. The van der Waals surface area contributed by atoms with Gasteiger partial charge in [0.15, 0.2) is 0 Å². The normalized spacial score (nSPS) is 18.7. The Morgan fingerprint density at radius 3 is 2.38 bits per heavy atom. The first kappa shape index (κ1) is 17.1. The zero-order valence-electron chi connectivity index (χ0n) is 15.2. The fourth-order valence-electron chi connectivity index (χ4n) is 3.81. The Labute approximate surface area is 154 Å². The van der Waals surface area contributed by atoms with Crippen molar-refractivity contribution in [2.75, 3.05) is 38.3 Å². The second kappa shape index (κ2) is 7.48. The predicted molar refractivity (Wildman–Crippen MR) is 102 cm³/mol. The van der Waals surface area contributed by atoms with E-state index in [9.17, 15) is 4.79 Å². The van der Waals surface area contributed by atoms with Crippen molar-refractivity contribution in [3.63, 3.8) is 0 Å². The molecular formula is C21H25N3O2. The Balaban J connectivity index is 1.39. The number of rotatable bonds is 4. The molecule has 2 heterocycles. The van der Waals surface area contributed by atoms with Gasteiger partial charge in [0.2, 0.25) is 5.91 Å². The molecule has 1 fully saturated rings. The first-order valence-corrected chi connectivity index (χ1v) is 9.25. The summed E-state index contributed by atoms with van der Waals surface area (Å²) in [5.41, 5.74) is 3.62. The number of amides is 1. The number of aryl methyl sites for hydroxylation is 1. The van der Waals surface area contributed by atoms with Gasteiger partial charge >= 0.3 is 0 Å². The number of hydrogen-bond donors (Lipinski definition) is 0. The highest BCUT2D eigenvalue weighted by Crippen LogP contribution is 2.29. The van der Waals surface area contributed by atoms with Crippen LogP contribution >= 0.6 is 0 Å². The van der Waals surface area contributed by atoms with Crippen LogP contribution in [0.25, 0.3) is 0 Å². The van der Waals surface area contributed by atoms with E-state index < -0.39 is 0 Å². The van der Waals surface area contributed by atoms with Crippen molar-refractivity contribution in [1.82, 2.24) is 9.91 Å². The highest BCUT2D eigenvalue weighted by Gasteiger charge is 2.31. The molecule has 0 aromatic heterocycles. The van der Waals surface area contributed by atoms with E-state index in [1.807, 2.05) is 23.2 Å². The van der Waals surface area contributed by atoms with Gasteiger partial charge in [0, 0.05) is 39.1 Å². The summed E-state index contributed by atoms with van der Waals surface area (Å²) in [6.45, 7) is 4.59. The largest absolute Gasteiger partial charge is 0.497 e. The number of carbonyl (C=O) groups excluding carboxylic acids is 1. The summed E-state index contributed by atoms with van der Waals surface area (Å²) in [4.78, 5) is 15.0. The lowest BCUT2D eigenvalue weighted by Gasteiger charge is -2.43. The van der Waals surface area contributed by atoms with Crippen molar-refractivity contribution in [2.24, 2.45) is 0 Å². The van der Waals surface area contributed by atoms with Gasteiger partial charge in [0.1, 0.15) is 5.75 Å². The van der Waals surface area contributed by atoms with Gasteiger partial charge in [-0.3, -0.25) is 9.69 Å². The second-order valence-electron chi connectivity index (χ2n) is 6.91. The number of anilines is 1. The average Bonchev–Trinajstić information content (AvgIpc) is 2.69. The van der Waals surface area contributed by atoms with Gasteiger partial charge in [0.25, 0.3) is 0 Å². The molecule has 0 saturated carbocycles. The number of methoxy groups -OCH3 is 1. The smallest absolute Gasteiger partial charge is 0.241 e. The van der Waals surface area contributed by atoms with Gasteiger partial charge in [0.05, 0.1) is 12.8 Å². The van der Waals surface area contributed by atoms with Crippen molar-refractivity contribution in [3.05, 3.63) is 59.7 Å². The molecular weight excluding hydrogens is 326 g/mol.